The van der Waals surface area contributed by atoms with Crippen LogP contribution in [0.25, 0.3) is 10.4 Å². The zero-order valence-corrected chi connectivity index (χ0v) is 18.0. The monoisotopic (exact) mass is 466 g/mol. The summed E-state index contributed by atoms with van der Waals surface area (Å²) >= 11 is 0. The molecule has 2 aromatic rings. The van der Waals surface area contributed by atoms with Gasteiger partial charge in [0.15, 0.2) is 12.6 Å². The number of fused-ring (bicyclic) bond motifs is 2. The first-order chi connectivity index (χ1) is 16.6. The van der Waals surface area contributed by atoms with Gasteiger partial charge in [0.2, 0.25) is 0 Å². The molecule has 5 rings (SSSR count). The van der Waals surface area contributed by atoms with Crippen molar-refractivity contribution in [1.29, 1.82) is 0 Å². The fourth-order valence-electron chi connectivity index (χ4n) is 4.50. The Labute approximate surface area is 194 Å². The summed E-state index contributed by atoms with van der Waals surface area (Å²) in [6.45, 7) is 0.0810. The zero-order chi connectivity index (χ0) is 23.7. The minimum atomic E-state index is -1.32. The third kappa shape index (κ3) is 3.94. The molecule has 3 aliphatic rings. The highest BCUT2D eigenvalue weighted by Gasteiger charge is 2.55. The van der Waals surface area contributed by atoms with Crippen molar-refractivity contribution in [3.63, 3.8) is 0 Å². The number of azide groups is 1. The molecule has 11 nitrogen and oxygen atoms in total. The number of carbonyl (C=O) groups is 2. The molecule has 0 saturated carbocycles. The number of rotatable bonds is 6. The molecular formula is C23H22N4O7. The quantitative estimate of drug-likeness (QED) is 0.226. The largest absolute Gasteiger partial charge is 0.388 e. The first kappa shape index (κ1) is 22.5. The van der Waals surface area contributed by atoms with Crippen molar-refractivity contribution in [3.8, 4) is 0 Å². The van der Waals surface area contributed by atoms with Gasteiger partial charge < -0.3 is 24.1 Å². The van der Waals surface area contributed by atoms with E-state index in [9.17, 15) is 14.7 Å². The number of benzene rings is 2. The van der Waals surface area contributed by atoms with Crippen molar-refractivity contribution in [2.24, 2.45) is 5.11 Å². The van der Waals surface area contributed by atoms with Crippen molar-refractivity contribution in [1.82, 2.24) is 4.90 Å². The van der Waals surface area contributed by atoms with E-state index in [0.717, 1.165) is 10.5 Å². The molecule has 0 aliphatic carbocycles. The Balaban J connectivity index is 1.44. The lowest BCUT2D eigenvalue weighted by molar-refractivity contribution is -0.348. The zero-order valence-electron chi connectivity index (χ0n) is 18.0. The average molecular weight is 466 g/mol. The molecular weight excluding hydrogens is 444 g/mol. The van der Waals surface area contributed by atoms with Gasteiger partial charge in [0.1, 0.15) is 24.4 Å². The molecule has 2 saturated heterocycles. The maximum atomic E-state index is 13.2. The summed E-state index contributed by atoms with van der Waals surface area (Å²) in [5.74, 6) is -1.11. The van der Waals surface area contributed by atoms with Crippen molar-refractivity contribution < 1.29 is 33.6 Å². The molecule has 34 heavy (non-hydrogen) atoms. The van der Waals surface area contributed by atoms with Crippen LogP contribution in [0, 0.1) is 0 Å². The van der Waals surface area contributed by atoms with Crippen LogP contribution in [0.15, 0.2) is 59.7 Å². The Hall–Kier alpha value is -3.31. The highest BCUT2D eigenvalue weighted by Crippen LogP contribution is 2.38. The Morgan fingerprint density at radius 2 is 1.74 bits per heavy atom. The van der Waals surface area contributed by atoms with E-state index < -0.39 is 48.7 Å². The van der Waals surface area contributed by atoms with Crippen LogP contribution in [-0.4, -0.2) is 72.2 Å². The van der Waals surface area contributed by atoms with Gasteiger partial charge in [-0.15, -0.1) is 0 Å². The summed E-state index contributed by atoms with van der Waals surface area (Å²) in [6.07, 6.45) is -4.82. The Morgan fingerprint density at radius 1 is 1.06 bits per heavy atom. The third-order valence-corrected chi connectivity index (χ3v) is 6.07. The smallest absolute Gasteiger partial charge is 0.262 e. The molecule has 3 aliphatic heterocycles. The second kappa shape index (κ2) is 9.51. The second-order valence-electron chi connectivity index (χ2n) is 8.05. The van der Waals surface area contributed by atoms with Gasteiger partial charge in [0.05, 0.1) is 24.3 Å². The lowest BCUT2D eigenvalue weighted by Gasteiger charge is -2.49. The van der Waals surface area contributed by atoms with Crippen LogP contribution < -0.4 is 0 Å². The van der Waals surface area contributed by atoms with Gasteiger partial charge in [-0.2, -0.15) is 0 Å². The molecule has 0 aromatic heterocycles. The van der Waals surface area contributed by atoms with Crippen LogP contribution in [0.2, 0.25) is 0 Å². The van der Waals surface area contributed by atoms with Crippen molar-refractivity contribution >= 4 is 11.8 Å². The molecule has 176 valence electrons. The topological polar surface area (TPSA) is 143 Å². The molecule has 11 heteroatoms. The molecule has 6 atom stereocenters. The Bertz CT molecular complexity index is 1090. The summed E-state index contributed by atoms with van der Waals surface area (Å²) < 4.78 is 23.6. The SMILES string of the molecule is [N-]=[N+]=NCCO[C@@H]1O[C@@H]2COC(c3ccccc3)O[C@H]2[C@H](O)[C@H]1N1C(=O)c2ccccc2C1=O. The fourth-order valence-corrected chi connectivity index (χ4v) is 4.50. The molecule has 2 amide bonds. The summed E-state index contributed by atoms with van der Waals surface area (Å²) in [4.78, 5) is 30.0. The van der Waals surface area contributed by atoms with Crippen molar-refractivity contribution in [2.45, 2.75) is 36.9 Å². The van der Waals surface area contributed by atoms with E-state index in [1.165, 1.54) is 0 Å². The predicted molar refractivity (Wildman–Crippen MR) is 115 cm³/mol. The number of hydrogen-bond donors (Lipinski definition) is 1. The highest BCUT2D eigenvalue weighted by molar-refractivity contribution is 6.21. The normalized spacial score (nSPS) is 30.4. The molecule has 0 spiro atoms. The van der Waals surface area contributed by atoms with Gasteiger partial charge in [-0.1, -0.05) is 47.6 Å². The Morgan fingerprint density at radius 3 is 2.41 bits per heavy atom. The number of ether oxygens (including phenoxy) is 4. The summed E-state index contributed by atoms with van der Waals surface area (Å²) in [5.41, 5.74) is 9.76. The van der Waals surface area contributed by atoms with Gasteiger partial charge in [0, 0.05) is 17.0 Å². The fraction of sp³-hybridized carbons (Fsp3) is 0.391. The summed E-state index contributed by atoms with van der Waals surface area (Å²) in [6, 6.07) is 14.5. The maximum Gasteiger partial charge on any atom is 0.262 e. The lowest BCUT2D eigenvalue weighted by atomic mass is 9.94. The minimum Gasteiger partial charge on any atom is -0.388 e. The van der Waals surface area contributed by atoms with Crippen LogP contribution in [-0.2, 0) is 18.9 Å². The summed E-state index contributed by atoms with van der Waals surface area (Å²) in [5, 5.41) is 14.8. The summed E-state index contributed by atoms with van der Waals surface area (Å²) in [7, 11) is 0. The molecule has 0 bridgehead atoms. The standard InChI is InChI=1S/C23H22N4O7/c24-26-25-10-11-31-23-17(27-20(29)14-8-4-5-9-15(14)21(27)30)18(28)19-16(33-23)12-32-22(34-19)13-6-2-1-3-7-13/h1-9,16-19,22-23,28H,10-12H2/t16-,17-,18-,19-,22?,23-/m1/s1. The number of aliphatic hydroxyl groups is 1. The minimum absolute atomic E-state index is 0.0124. The number of hydrogen-bond acceptors (Lipinski definition) is 8. The third-order valence-electron chi connectivity index (χ3n) is 6.07. The maximum absolute atomic E-state index is 13.2. The molecule has 1 unspecified atom stereocenters. The molecule has 0 radical (unpaired) electrons. The van der Waals surface area contributed by atoms with E-state index in [-0.39, 0.29) is 30.9 Å². The van der Waals surface area contributed by atoms with Gasteiger partial charge in [-0.05, 0) is 17.7 Å². The van der Waals surface area contributed by atoms with Gasteiger partial charge in [-0.3, -0.25) is 14.5 Å². The van der Waals surface area contributed by atoms with E-state index in [2.05, 4.69) is 10.0 Å². The number of aliphatic hydroxyl groups excluding tert-OH is 1. The van der Waals surface area contributed by atoms with Gasteiger partial charge in [-0.25, -0.2) is 0 Å². The first-order valence-corrected chi connectivity index (χ1v) is 10.8. The molecule has 1 N–H and O–H groups in total. The van der Waals surface area contributed by atoms with E-state index in [1.54, 1.807) is 24.3 Å². The number of carbonyl (C=O) groups excluding carboxylic acids is 2. The lowest BCUT2D eigenvalue weighted by Crippen LogP contribution is -2.67. The van der Waals surface area contributed by atoms with Gasteiger partial charge >= 0.3 is 0 Å². The van der Waals surface area contributed by atoms with Crippen LogP contribution in [0.4, 0.5) is 0 Å². The number of nitrogens with zero attached hydrogens (tertiary/aromatic N) is 4. The molecule has 3 heterocycles. The average Bonchev–Trinajstić information content (AvgIpc) is 3.12. The van der Waals surface area contributed by atoms with Crippen LogP contribution in [0.1, 0.15) is 32.6 Å². The van der Waals surface area contributed by atoms with Crippen LogP contribution in [0.5, 0.6) is 0 Å². The van der Waals surface area contributed by atoms with Gasteiger partial charge in [0.25, 0.3) is 11.8 Å². The number of imide groups is 1. The predicted octanol–water partition coefficient (Wildman–Crippen LogP) is 2.18. The van der Waals surface area contributed by atoms with Crippen molar-refractivity contribution in [3.05, 3.63) is 81.7 Å². The Kier molecular flexibility index (Phi) is 6.29. The van der Waals surface area contributed by atoms with Crippen LogP contribution in [0.3, 0.4) is 0 Å². The van der Waals surface area contributed by atoms with E-state index in [4.69, 9.17) is 24.5 Å². The number of amides is 2. The van der Waals surface area contributed by atoms with Crippen LogP contribution >= 0.6 is 0 Å². The van der Waals surface area contributed by atoms with E-state index in [1.807, 2.05) is 30.3 Å². The molecule has 2 fully saturated rings. The second-order valence-corrected chi connectivity index (χ2v) is 8.05. The first-order valence-electron chi connectivity index (χ1n) is 10.8. The molecule has 2 aromatic carbocycles. The van der Waals surface area contributed by atoms with Crippen molar-refractivity contribution in [2.75, 3.05) is 19.8 Å². The van der Waals surface area contributed by atoms with E-state index >= 15 is 0 Å². The highest BCUT2D eigenvalue weighted by atomic mass is 16.7. The van der Waals surface area contributed by atoms with E-state index in [0.29, 0.717) is 0 Å².